The summed E-state index contributed by atoms with van der Waals surface area (Å²) in [6, 6.07) is 13.5. The minimum atomic E-state index is -1.05. The van der Waals surface area contributed by atoms with Gasteiger partial charge in [0, 0.05) is 6.54 Å². The van der Waals surface area contributed by atoms with E-state index >= 15 is 0 Å². The van der Waals surface area contributed by atoms with Crippen molar-refractivity contribution in [3.8, 4) is 5.75 Å². The van der Waals surface area contributed by atoms with Crippen molar-refractivity contribution in [3.63, 3.8) is 0 Å². The molecule has 1 aliphatic heterocycles. The molecule has 3 rings (SSSR count). The summed E-state index contributed by atoms with van der Waals surface area (Å²) in [7, 11) is 3.19. The summed E-state index contributed by atoms with van der Waals surface area (Å²) in [4.78, 5) is 28.7. The van der Waals surface area contributed by atoms with Gasteiger partial charge in [-0.25, -0.2) is 14.1 Å². The second-order valence-electron chi connectivity index (χ2n) is 6.91. The van der Waals surface area contributed by atoms with Crippen molar-refractivity contribution in [2.75, 3.05) is 20.8 Å². The zero-order valence-electron chi connectivity index (χ0n) is 16.2. The zero-order valence-corrected chi connectivity index (χ0v) is 16.2. The second-order valence-corrected chi connectivity index (χ2v) is 6.91. The summed E-state index contributed by atoms with van der Waals surface area (Å²) >= 11 is 0. The largest absolute Gasteiger partial charge is 0.494 e. The number of nitrogens with one attached hydrogen (secondary N) is 1. The van der Waals surface area contributed by atoms with Crippen LogP contribution in [0.4, 0.5) is 9.18 Å². The predicted molar refractivity (Wildman–Crippen MR) is 103 cm³/mol. The van der Waals surface area contributed by atoms with E-state index in [-0.39, 0.29) is 18.3 Å². The minimum Gasteiger partial charge on any atom is -0.494 e. The van der Waals surface area contributed by atoms with Crippen LogP contribution in [0, 0.1) is 5.82 Å². The quantitative estimate of drug-likeness (QED) is 0.744. The smallest absolute Gasteiger partial charge is 0.326 e. The Kier molecular flexibility index (Phi) is 5.65. The second kappa shape index (κ2) is 7.98. The highest BCUT2D eigenvalue weighted by Gasteiger charge is 2.51. The molecule has 3 amide bonds. The number of hydrogen-bond acceptors (Lipinski definition) is 4. The number of ether oxygens (including phenoxy) is 1. The molecule has 2 aromatic carbocycles. The first-order chi connectivity index (χ1) is 13.4. The van der Waals surface area contributed by atoms with Gasteiger partial charge in [0.1, 0.15) is 5.54 Å². The molecule has 2 aromatic rings. The number of urea groups is 1. The molecular formula is C21H24FN3O3. The Morgan fingerprint density at radius 3 is 2.50 bits per heavy atom. The molecule has 1 heterocycles. The molecule has 1 atom stereocenters. The molecule has 7 heteroatoms. The Balaban J connectivity index is 1.74. The van der Waals surface area contributed by atoms with Crippen LogP contribution in [-0.4, -0.2) is 42.6 Å². The summed E-state index contributed by atoms with van der Waals surface area (Å²) in [6.45, 7) is 2.36. The van der Waals surface area contributed by atoms with E-state index in [1.165, 1.54) is 18.1 Å². The molecular weight excluding hydrogens is 361 g/mol. The third kappa shape index (κ3) is 3.57. The molecule has 28 heavy (non-hydrogen) atoms. The number of halogens is 1. The summed E-state index contributed by atoms with van der Waals surface area (Å²) in [5, 5.41) is 2.86. The van der Waals surface area contributed by atoms with Crippen LogP contribution in [-0.2, 0) is 16.9 Å². The van der Waals surface area contributed by atoms with E-state index in [4.69, 9.17) is 4.74 Å². The minimum absolute atomic E-state index is 0.104. The van der Waals surface area contributed by atoms with E-state index in [0.29, 0.717) is 13.0 Å². The van der Waals surface area contributed by atoms with Gasteiger partial charge in [-0.1, -0.05) is 43.3 Å². The van der Waals surface area contributed by atoms with Crippen LogP contribution in [0.2, 0.25) is 0 Å². The molecule has 1 N–H and O–H groups in total. The van der Waals surface area contributed by atoms with E-state index in [2.05, 4.69) is 5.32 Å². The van der Waals surface area contributed by atoms with E-state index in [9.17, 15) is 14.0 Å². The number of methoxy groups -OCH3 is 1. The van der Waals surface area contributed by atoms with Gasteiger partial charge in [-0.15, -0.1) is 0 Å². The first-order valence-corrected chi connectivity index (χ1v) is 9.12. The van der Waals surface area contributed by atoms with Crippen LogP contribution in [0.3, 0.4) is 0 Å². The molecule has 0 saturated carbocycles. The lowest BCUT2D eigenvalue weighted by molar-refractivity contribution is -0.133. The first-order valence-electron chi connectivity index (χ1n) is 9.12. The maximum absolute atomic E-state index is 13.9. The predicted octanol–water partition coefficient (Wildman–Crippen LogP) is 3.08. The number of hydrogen-bond donors (Lipinski definition) is 1. The van der Waals surface area contributed by atoms with Crippen LogP contribution in [0.15, 0.2) is 48.5 Å². The molecule has 1 saturated heterocycles. The van der Waals surface area contributed by atoms with Crippen molar-refractivity contribution in [1.82, 2.24) is 15.1 Å². The Morgan fingerprint density at radius 1 is 1.18 bits per heavy atom. The maximum Gasteiger partial charge on any atom is 0.326 e. The fourth-order valence-electron chi connectivity index (χ4n) is 3.53. The number of amides is 3. The Labute approximate surface area is 163 Å². The van der Waals surface area contributed by atoms with Crippen molar-refractivity contribution >= 4 is 11.9 Å². The average Bonchev–Trinajstić information content (AvgIpc) is 2.94. The number of benzene rings is 2. The lowest BCUT2D eigenvalue weighted by Crippen LogP contribution is -2.44. The zero-order chi connectivity index (χ0) is 20.3. The summed E-state index contributed by atoms with van der Waals surface area (Å²) < 4.78 is 18.8. The van der Waals surface area contributed by atoms with Crippen molar-refractivity contribution in [2.24, 2.45) is 0 Å². The standard InChI is InChI=1S/C21H24FN3O3/c1-4-21(16-8-6-5-7-9-16)19(26)25(20(27)23-21)14-24(2)13-15-10-11-18(28-3)17(22)12-15/h5-12H,4,13-14H2,1-3H3,(H,23,27). The molecule has 148 valence electrons. The number of carbonyl (C=O) groups is 2. The molecule has 0 bridgehead atoms. The van der Waals surface area contributed by atoms with Gasteiger partial charge in [0.25, 0.3) is 5.91 Å². The summed E-state index contributed by atoms with van der Waals surface area (Å²) in [6.07, 6.45) is 0.450. The van der Waals surface area contributed by atoms with Crippen LogP contribution in [0.25, 0.3) is 0 Å². The van der Waals surface area contributed by atoms with Crippen molar-refractivity contribution in [3.05, 3.63) is 65.5 Å². The maximum atomic E-state index is 13.9. The molecule has 6 nitrogen and oxygen atoms in total. The van der Waals surface area contributed by atoms with Crippen molar-refractivity contribution < 1.29 is 18.7 Å². The number of imide groups is 1. The average molecular weight is 385 g/mol. The Hall–Kier alpha value is -2.93. The van der Waals surface area contributed by atoms with Crippen molar-refractivity contribution in [1.29, 1.82) is 0 Å². The Morgan fingerprint density at radius 2 is 1.89 bits per heavy atom. The summed E-state index contributed by atoms with van der Waals surface area (Å²) in [5.74, 6) is -0.549. The van der Waals surface area contributed by atoms with Crippen LogP contribution >= 0.6 is 0 Å². The van der Waals surface area contributed by atoms with Crippen LogP contribution in [0.1, 0.15) is 24.5 Å². The van der Waals surface area contributed by atoms with E-state index in [1.54, 1.807) is 24.1 Å². The molecule has 0 aliphatic carbocycles. The highest BCUT2D eigenvalue weighted by atomic mass is 19.1. The molecule has 0 radical (unpaired) electrons. The van der Waals surface area contributed by atoms with E-state index in [0.717, 1.165) is 11.1 Å². The monoisotopic (exact) mass is 385 g/mol. The van der Waals surface area contributed by atoms with Crippen LogP contribution < -0.4 is 10.1 Å². The summed E-state index contributed by atoms with van der Waals surface area (Å²) in [5.41, 5.74) is 0.432. The van der Waals surface area contributed by atoms with Gasteiger partial charge < -0.3 is 10.1 Å². The highest BCUT2D eigenvalue weighted by molar-refractivity contribution is 6.07. The lowest BCUT2D eigenvalue weighted by Gasteiger charge is -2.27. The fraction of sp³-hybridized carbons (Fsp3) is 0.333. The molecule has 1 unspecified atom stereocenters. The number of nitrogens with zero attached hydrogens (tertiary/aromatic N) is 2. The first kappa shape index (κ1) is 19.8. The molecule has 1 fully saturated rings. The third-order valence-corrected chi connectivity index (χ3v) is 5.02. The van der Waals surface area contributed by atoms with Gasteiger partial charge >= 0.3 is 6.03 Å². The fourth-order valence-corrected chi connectivity index (χ4v) is 3.53. The normalized spacial score (nSPS) is 19.2. The molecule has 0 aromatic heterocycles. The van der Waals surface area contributed by atoms with Gasteiger partial charge in [-0.2, -0.15) is 0 Å². The number of rotatable bonds is 7. The third-order valence-electron chi connectivity index (χ3n) is 5.02. The van der Waals surface area contributed by atoms with E-state index < -0.39 is 17.4 Å². The van der Waals surface area contributed by atoms with Gasteiger partial charge in [-0.3, -0.25) is 9.69 Å². The topological polar surface area (TPSA) is 61.9 Å². The van der Waals surface area contributed by atoms with Gasteiger partial charge in [0.15, 0.2) is 11.6 Å². The molecule has 1 aliphatic rings. The number of carbonyl (C=O) groups excluding carboxylic acids is 2. The van der Waals surface area contributed by atoms with Gasteiger partial charge in [-0.05, 0) is 36.7 Å². The van der Waals surface area contributed by atoms with E-state index in [1.807, 2.05) is 37.3 Å². The molecule has 0 spiro atoms. The van der Waals surface area contributed by atoms with Gasteiger partial charge in [0.2, 0.25) is 0 Å². The Bertz CT molecular complexity index is 874. The van der Waals surface area contributed by atoms with Gasteiger partial charge in [0.05, 0.1) is 13.8 Å². The van der Waals surface area contributed by atoms with Crippen molar-refractivity contribution in [2.45, 2.75) is 25.4 Å². The highest BCUT2D eigenvalue weighted by Crippen LogP contribution is 2.32. The lowest BCUT2D eigenvalue weighted by atomic mass is 9.87. The van der Waals surface area contributed by atoms with Crippen LogP contribution in [0.5, 0.6) is 5.75 Å². The SMILES string of the molecule is CCC1(c2ccccc2)NC(=O)N(CN(C)Cc2ccc(OC)c(F)c2)C1=O.